The molecule has 1 N–H and O–H groups in total. The minimum Gasteiger partial charge on any atom is -0.356 e. The second-order valence-corrected chi connectivity index (χ2v) is 8.35. The molecule has 2 saturated heterocycles. The average Bonchev–Trinajstić information content (AvgIpc) is 2.90. The fraction of sp³-hybridized carbons (Fsp3) is 0.545. The fourth-order valence-electron chi connectivity index (χ4n) is 2.55. The topological polar surface area (TPSA) is 49.4 Å². The number of nitrogens with zero attached hydrogens (tertiary/aromatic N) is 1. The summed E-state index contributed by atoms with van der Waals surface area (Å²) >= 11 is 7.01. The Bertz CT molecular complexity index is 593. The van der Waals surface area contributed by atoms with Gasteiger partial charge in [-0.15, -0.1) is 11.3 Å². The number of hydrogen-bond acceptors (Lipinski definition) is 4. The summed E-state index contributed by atoms with van der Waals surface area (Å²) in [5.74, 6) is 0.393. The van der Waals surface area contributed by atoms with Crippen molar-refractivity contribution in [2.24, 2.45) is 0 Å². The molecule has 4 nitrogen and oxygen atoms in total. The number of thiophene rings is 1. The van der Waals surface area contributed by atoms with Gasteiger partial charge in [0.15, 0.2) is 14.9 Å². The lowest BCUT2D eigenvalue weighted by Gasteiger charge is -2.21. The summed E-state index contributed by atoms with van der Waals surface area (Å²) in [6.07, 6.45) is 0.991. The summed E-state index contributed by atoms with van der Waals surface area (Å²) in [6.45, 7) is 2.11. The Labute approximate surface area is 116 Å². The predicted molar refractivity (Wildman–Crippen MR) is 78.1 cm³/mol. The quantitative estimate of drug-likeness (QED) is 0.831. The first-order valence-electron chi connectivity index (χ1n) is 5.89. The number of sulfone groups is 1. The highest BCUT2D eigenvalue weighted by molar-refractivity contribution is 7.91. The molecule has 3 heterocycles. The maximum Gasteiger partial charge on any atom is 0.174 e. The highest BCUT2D eigenvalue weighted by Crippen LogP contribution is 2.34. The van der Waals surface area contributed by atoms with Crippen molar-refractivity contribution in [3.8, 4) is 0 Å². The Morgan fingerprint density at radius 2 is 2.28 bits per heavy atom. The van der Waals surface area contributed by atoms with Crippen LogP contribution in [0.15, 0.2) is 12.1 Å². The van der Waals surface area contributed by atoms with E-state index in [4.69, 9.17) is 12.2 Å². The van der Waals surface area contributed by atoms with Gasteiger partial charge in [-0.2, -0.15) is 0 Å². The van der Waals surface area contributed by atoms with Crippen LogP contribution in [0.3, 0.4) is 0 Å². The van der Waals surface area contributed by atoms with E-state index in [-0.39, 0.29) is 23.6 Å². The van der Waals surface area contributed by atoms with Crippen molar-refractivity contribution in [1.29, 1.82) is 0 Å². The summed E-state index contributed by atoms with van der Waals surface area (Å²) in [6, 6.07) is 4.03. The minimum absolute atomic E-state index is 0.0362. The fourth-order valence-corrected chi connectivity index (χ4v) is 5.89. The van der Waals surface area contributed by atoms with Crippen LogP contribution < -0.4 is 10.2 Å². The van der Waals surface area contributed by atoms with Crippen LogP contribution in [0.4, 0.5) is 5.00 Å². The molecule has 98 valence electrons. The zero-order valence-electron chi connectivity index (χ0n) is 9.92. The number of nitrogens with one attached hydrogen (secondary N) is 1. The van der Waals surface area contributed by atoms with Crippen LogP contribution in [0.25, 0.3) is 0 Å². The zero-order chi connectivity index (χ0) is 12.9. The van der Waals surface area contributed by atoms with Crippen molar-refractivity contribution in [3.05, 3.63) is 17.0 Å². The van der Waals surface area contributed by atoms with E-state index in [1.165, 1.54) is 4.88 Å². The molecule has 0 aliphatic carbocycles. The molecule has 2 fully saturated rings. The summed E-state index contributed by atoms with van der Waals surface area (Å²) in [7, 11) is -2.93. The van der Waals surface area contributed by atoms with Gasteiger partial charge in [0.2, 0.25) is 0 Å². The standard InChI is InChI=1S/C11H14N2O2S3/c1-2-7-3-4-10(17-7)13-9-6-18(14,15)5-8(9)12-11(13)16/h3-4,8-9H,2,5-6H2,1H3,(H,12,16)/t8-,9-/m0/s1. The van der Waals surface area contributed by atoms with E-state index < -0.39 is 9.84 Å². The first-order chi connectivity index (χ1) is 8.50. The summed E-state index contributed by atoms with van der Waals surface area (Å²) in [5.41, 5.74) is 0. The second-order valence-electron chi connectivity index (χ2n) is 4.66. The first kappa shape index (κ1) is 12.4. The Morgan fingerprint density at radius 3 is 2.94 bits per heavy atom. The smallest absolute Gasteiger partial charge is 0.174 e. The van der Waals surface area contributed by atoms with E-state index in [1.54, 1.807) is 11.3 Å². The molecule has 0 unspecified atom stereocenters. The maximum atomic E-state index is 11.7. The number of hydrogen-bond donors (Lipinski definition) is 1. The predicted octanol–water partition coefficient (Wildman–Crippen LogP) is 1.17. The van der Waals surface area contributed by atoms with Crippen molar-refractivity contribution in [2.45, 2.75) is 25.4 Å². The summed E-state index contributed by atoms with van der Waals surface area (Å²) < 4.78 is 23.4. The number of anilines is 1. The monoisotopic (exact) mass is 302 g/mol. The molecular formula is C11H14N2O2S3. The van der Waals surface area contributed by atoms with Crippen LogP contribution >= 0.6 is 23.6 Å². The van der Waals surface area contributed by atoms with Crippen molar-refractivity contribution < 1.29 is 8.42 Å². The van der Waals surface area contributed by atoms with Gasteiger partial charge in [-0.05, 0) is 30.8 Å². The van der Waals surface area contributed by atoms with E-state index in [0.29, 0.717) is 5.11 Å². The van der Waals surface area contributed by atoms with Crippen LogP contribution in [-0.4, -0.2) is 37.1 Å². The molecule has 0 spiro atoms. The molecule has 0 bridgehead atoms. The lowest BCUT2D eigenvalue weighted by Crippen LogP contribution is -2.36. The van der Waals surface area contributed by atoms with Gasteiger partial charge in [0.05, 0.1) is 28.6 Å². The van der Waals surface area contributed by atoms with Crippen LogP contribution in [0.2, 0.25) is 0 Å². The van der Waals surface area contributed by atoms with Crippen molar-refractivity contribution >= 4 is 43.5 Å². The zero-order valence-corrected chi connectivity index (χ0v) is 12.4. The van der Waals surface area contributed by atoms with E-state index in [9.17, 15) is 8.42 Å². The lowest BCUT2D eigenvalue weighted by atomic mass is 10.2. The van der Waals surface area contributed by atoms with Gasteiger partial charge in [0.25, 0.3) is 0 Å². The third-order valence-electron chi connectivity index (χ3n) is 3.42. The summed E-state index contributed by atoms with van der Waals surface area (Å²) in [4.78, 5) is 3.27. The molecule has 2 atom stereocenters. The lowest BCUT2D eigenvalue weighted by molar-refractivity contribution is 0.600. The Balaban J connectivity index is 1.94. The number of thiocarbonyl (C=S) groups is 1. The van der Waals surface area contributed by atoms with Crippen molar-refractivity contribution in [2.75, 3.05) is 16.4 Å². The van der Waals surface area contributed by atoms with Crippen LogP contribution in [0.5, 0.6) is 0 Å². The normalized spacial score (nSPS) is 29.4. The molecule has 2 aliphatic heterocycles. The average molecular weight is 302 g/mol. The Kier molecular flexibility index (Phi) is 2.87. The molecule has 3 rings (SSSR count). The Hall–Kier alpha value is -0.660. The largest absolute Gasteiger partial charge is 0.356 e. The van der Waals surface area contributed by atoms with Gasteiger partial charge in [0, 0.05) is 4.88 Å². The molecule has 0 radical (unpaired) electrons. The summed E-state index contributed by atoms with van der Waals surface area (Å²) in [5, 5.41) is 4.84. The molecule has 0 aromatic carbocycles. The van der Waals surface area contributed by atoms with Gasteiger partial charge in [0.1, 0.15) is 0 Å². The third kappa shape index (κ3) is 1.94. The molecule has 2 aliphatic rings. The molecule has 0 saturated carbocycles. The molecule has 1 aromatic heterocycles. The van der Waals surface area contributed by atoms with Gasteiger partial charge in [-0.3, -0.25) is 0 Å². The molecular weight excluding hydrogens is 288 g/mol. The van der Waals surface area contributed by atoms with Crippen molar-refractivity contribution in [1.82, 2.24) is 5.32 Å². The SMILES string of the molecule is CCc1ccc(N2C(=S)N[C@H]3CS(=O)(=O)C[C@@H]32)s1. The molecule has 0 amide bonds. The van der Waals surface area contributed by atoms with Crippen LogP contribution in [0, 0.1) is 0 Å². The third-order valence-corrected chi connectivity index (χ3v) is 6.68. The minimum atomic E-state index is -2.93. The highest BCUT2D eigenvalue weighted by Gasteiger charge is 2.47. The van der Waals surface area contributed by atoms with Gasteiger partial charge >= 0.3 is 0 Å². The molecule has 1 aromatic rings. The van der Waals surface area contributed by atoms with E-state index >= 15 is 0 Å². The molecule has 7 heteroatoms. The number of aryl methyl sites for hydroxylation is 1. The van der Waals surface area contributed by atoms with E-state index in [2.05, 4.69) is 18.3 Å². The highest BCUT2D eigenvalue weighted by atomic mass is 32.2. The van der Waals surface area contributed by atoms with Crippen LogP contribution in [0.1, 0.15) is 11.8 Å². The van der Waals surface area contributed by atoms with Gasteiger partial charge in [-0.25, -0.2) is 8.42 Å². The van der Waals surface area contributed by atoms with Gasteiger partial charge in [-0.1, -0.05) is 6.92 Å². The number of fused-ring (bicyclic) bond motifs is 1. The van der Waals surface area contributed by atoms with Crippen molar-refractivity contribution in [3.63, 3.8) is 0 Å². The number of rotatable bonds is 2. The molecule has 18 heavy (non-hydrogen) atoms. The van der Waals surface area contributed by atoms with Crippen LogP contribution in [-0.2, 0) is 16.3 Å². The van der Waals surface area contributed by atoms with Gasteiger partial charge < -0.3 is 10.2 Å². The second kappa shape index (κ2) is 4.18. The maximum absolute atomic E-state index is 11.7. The first-order valence-corrected chi connectivity index (χ1v) is 8.93. The Morgan fingerprint density at radius 1 is 1.50 bits per heavy atom. The van der Waals surface area contributed by atoms with E-state index in [0.717, 1.165) is 11.4 Å². The van der Waals surface area contributed by atoms with E-state index in [1.807, 2.05) is 11.0 Å².